The average molecular weight is 264 g/mol. The minimum Gasteiger partial charge on any atom is -0.481 e. The Balaban J connectivity index is 2.12. The SMILES string of the molecule is Cc1cncc(C(=O)NCCCCCCC(=O)O)c1. The smallest absolute Gasteiger partial charge is 0.303 e. The number of carboxylic acid groups (broad SMARTS) is 1. The first-order valence-electron chi connectivity index (χ1n) is 6.51. The van der Waals surface area contributed by atoms with Crippen molar-refractivity contribution < 1.29 is 14.7 Å². The Morgan fingerprint density at radius 1 is 1.21 bits per heavy atom. The molecule has 0 aliphatic heterocycles. The quantitative estimate of drug-likeness (QED) is 0.705. The molecule has 0 aliphatic rings. The number of nitrogens with one attached hydrogen (secondary N) is 1. The zero-order valence-electron chi connectivity index (χ0n) is 11.2. The van der Waals surface area contributed by atoms with Gasteiger partial charge in [-0.25, -0.2) is 0 Å². The molecular formula is C14H20N2O3. The van der Waals surface area contributed by atoms with E-state index in [0.29, 0.717) is 18.5 Å². The van der Waals surface area contributed by atoms with E-state index in [0.717, 1.165) is 24.8 Å². The third-order valence-electron chi connectivity index (χ3n) is 2.74. The molecule has 0 unspecified atom stereocenters. The van der Waals surface area contributed by atoms with Gasteiger partial charge in [-0.2, -0.15) is 0 Å². The van der Waals surface area contributed by atoms with Crippen LogP contribution in [0.1, 0.15) is 48.0 Å². The highest BCUT2D eigenvalue weighted by Crippen LogP contribution is 2.03. The van der Waals surface area contributed by atoms with Crippen LogP contribution in [0.4, 0.5) is 0 Å². The molecule has 0 aromatic carbocycles. The molecule has 1 heterocycles. The van der Waals surface area contributed by atoms with Crippen molar-refractivity contribution in [1.82, 2.24) is 10.3 Å². The molecule has 0 bridgehead atoms. The third-order valence-corrected chi connectivity index (χ3v) is 2.74. The van der Waals surface area contributed by atoms with E-state index in [4.69, 9.17) is 5.11 Å². The van der Waals surface area contributed by atoms with Crippen molar-refractivity contribution in [3.8, 4) is 0 Å². The Labute approximate surface area is 113 Å². The minimum atomic E-state index is -0.750. The highest BCUT2D eigenvalue weighted by atomic mass is 16.4. The summed E-state index contributed by atoms with van der Waals surface area (Å²) in [7, 11) is 0. The number of hydrogen-bond donors (Lipinski definition) is 2. The zero-order chi connectivity index (χ0) is 14.1. The lowest BCUT2D eigenvalue weighted by atomic mass is 10.1. The predicted octanol–water partition coefficient (Wildman–Crippen LogP) is 2.15. The van der Waals surface area contributed by atoms with Crippen LogP contribution in [-0.4, -0.2) is 28.5 Å². The summed E-state index contributed by atoms with van der Waals surface area (Å²) in [4.78, 5) is 26.0. The fourth-order valence-electron chi connectivity index (χ4n) is 1.74. The number of aliphatic carboxylic acids is 1. The van der Waals surface area contributed by atoms with E-state index in [1.165, 1.54) is 0 Å². The number of amides is 1. The van der Waals surface area contributed by atoms with Crippen LogP contribution in [0.15, 0.2) is 18.5 Å². The highest BCUT2D eigenvalue weighted by Gasteiger charge is 2.04. The van der Waals surface area contributed by atoms with Gasteiger partial charge in [-0.3, -0.25) is 14.6 Å². The summed E-state index contributed by atoms with van der Waals surface area (Å²) >= 11 is 0. The van der Waals surface area contributed by atoms with Crippen molar-refractivity contribution in [2.24, 2.45) is 0 Å². The molecule has 5 heteroatoms. The largest absolute Gasteiger partial charge is 0.481 e. The second-order valence-corrected chi connectivity index (χ2v) is 4.56. The number of carboxylic acids is 1. The van der Waals surface area contributed by atoms with E-state index in [2.05, 4.69) is 10.3 Å². The van der Waals surface area contributed by atoms with E-state index in [9.17, 15) is 9.59 Å². The van der Waals surface area contributed by atoms with Crippen molar-refractivity contribution in [3.05, 3.63) is 29.6 Å². The Hall–Kier alpha value is -1.91. The maximum Gasteiger partial charge on any atom is 0.303 e. The van der Waals surface area contributed by atoms with Gasteiger partial charge in [-0.05, 0) is 31.4 Å². The topological polar surface area (TPSA) is 79.3 Å². The molecule has 1 amide bonds. The Bertz CT molecular complexity index is 432. The van der Waals surface area contributed by atoms with Crippen molar-refractivity contribution >= 4 is 11.9 Å². The average Bonchev–Trinajstić information content (AvgIpc) is 2.37. The second kappa shape index (κ2) is 8.24. The summed E-state index contributed by atoms with van der Waals surface area (Å²) in [6.07, 6.45) is 6.86. The van der Waals surface area contributed by atoms with Crippen LogP contribution < -0.4 is 5.32 Å². The van der Waals surface area contributed by atoms with Crippen molar-refractivity contribution in [1.29, 1.82) is 0 Å². The monoisotopic (exact) mass is 264 g/mol. The van der Waals surface area contributed by atoms with Crippen LogP contribution >= 0.6 is 0 Å². The Kier molecular flexibility index (Phi) is 6.57. The number of rotatable bonds is 8. The van der Waals surface area contributed by atoms with Gasteiger partial charge in [0, 0.05) is 25.4 Å². The maximum absolute atomic E-state index is 11.7. The molecule has 1 aromatic rings. The van der Waals surface area contributed by atoms with E-state index in [1.807, 2.05) is 6.92 Å². The molecule has 1 aromatic heterocycles. The third kappa shape index (κ3) is 6.55. The number of hydrogen-bond acceptors (Lipinski definition) is 3. The first-order chi connectivity index (χ1) is 9.09. The van der Waals surface area contributed by atoms with Crippen LogP contribution in [-0.2, 0) is 4.79 Å². The highest BCUT2D eigenvalue weighted by molar-refractivity contribution is 5.93. The normalized spacial score (nSPS) is 10.2. The Morgan fingerprint density at radius 3 is 2.63 bits per heavy atom. The van der Waals surface area contributed by atoms with Gasteiger partial charge in [0.15, 0.2) is 0 Å². The lowest BCUT2D eigenvalue weighted by Gasteiger charge is -2.05. The molecule has 104 valence electrons. The van der Waals surface area contributed by atoms with Gasteiger partial charge in [-0.15, -0.1) is 0 Å². The van der Waals surface area contributed by atoms with E-state index >= 15 is 0 Å². The predicted molar refractivity (Wildman–Crippen MR) is 72.0 cm³/mol. The second-order valence-electron chi connectivity index (χ2n) is 4.56. The molecule has 1 rings (SSSR count). The molecule has 0 spiro atoms. The van der Waals surface area contributed by atoms with Gasteiger partial charge in [0.05, 0.1) is 5.56 Å². The van der Waals surface area contributed by atoms with E-state index < -0.39 is 5.97 Å². The summed E-state index contributed by atoms with van der Waals surface area (Å²) in [5.41, 5.74) is 1.53. The zero-order valence-corrected chi connectivity index (χ0v) is 11.2. The van der Waals surface area contributed by atoms with E-state index in [1.54, 1.807) is 18.5 Å². The Morgan fingerprint density at radius 2 is 1.95 bits per heavy atom. The van der Waals surface area contributed by atoms with Gasteiger partial charge in [-0.1, -0.05) is 12.8 Å². The van der Waals surface area contributed by atoms with Crippen LogP contribution in [0, 0.1) is 6.92 Å². The molecule has 0 radical (unpaired) electrons. The standard InChI is InChI=1S/C14H20N2O3/c1-11-8-12(10-15-9-11)14(19)16-7-5-3-2-4-6-13(17)18/h8-10H,2-7H2,1H3,(H,16,19)(H,17,18). The van der Waals surface area contributed by atoms with Crippen LogP contribution in [0.25, 0.3) is 0 Å². The van der Waals surface area contributed by atoms with Crippen LogP contribution in [0.2, 0.25) is 0 Å². The van der Waals surface area contributed by atoms with Crippen LogP contribution in [0.3, 0.4) is 0 Å². The first kappa shape index (κ1) is 15.1. The number of unbranched alkanes of at least 4 members (excludes halogenated alkanes) is 3. The summed E-state index contributed by atoms with van der Waals surface area (Å²) in [5, 5.41) is 11.3. The van der Waals surface area contributed by atoms with Crippen LogP contribution in [0.5, 0.6) is 0 Å². The van der Waals surface area contributed by atoms with Crippen molar-refractivity contribution in [3.63, 3.8) is 0 Å². The van der Waals surface area contributed by atoms with Gasteiger partial charge < -0.3 is 10.4 Å². The molecule has 0 fully saturated rings. The fraction of sp³-hybridized carbons (Fsp3) is 0.500. The summed E-state index contributed by atoms with van der Waals surface area (Å²) < 4.78 is 0. The maximum atomic E-state index is 11.7. The summed E-state index contributed by atoms with van der Waals surface area (Å²) in [5.74, 6) is -0.859. The number of carbonyl (C=O) groups is 2. The van der Waals surface area contributed by atoms with Gasteiger partial charge in [0.25, 0.3) is 5.91 Å². The molecule has 0 aliphatic carbocycles. The molecule has 19 heavy (non-hydrogen) atoms. The fourth-order valence-corrected chi connectivity index (χ4v) is 1.74. The number of aryl methyl sites for hydroxylation is 1. The molecule has 0 atom stereocenters. The summed E-state index contributed by atoms with van der Waals surface area (Å²) in [6, 6.07) is 1.80. The molecular weight excluding hydrogens is 244 g/mol. The lowest BCUT2D eigenvalue weighted by Crippen LogP contribution is -2.24. The molecule has 0 saturated heterocycles. The number of pyridine rings is 1. The number of nitrogens with zero attached hydrogens (tertiary/aromatic N) is 1. The molecule has 2 N–H and O–H groups in total. The summed E-state index contributed by atoms with van der Waals surface area (Å²) in [6.45, 7) is 2.51. The van der Waals surface area contributed by atoms with Gasteiger partial charge in [0.2, 0.25) is 0 Å². The first-order valence-corrected chi connectivity index (χ1v) is 6.51. The number of aromatic nitrogens is 1. The number of carbonyl (C=O) groups excluding carboxylic acids is 1. The lowest BCUT2D eigenvalue weighted by molar-refractivity contribution is -0.137. The van der Waals surface area contributed by atoms with Gasteiger partial charge >= 0.3 is 5.97 Å². The van der Waals surface area contributed by atoms with Crippen molar-refractivity contribution in [2.45, 2.75) is 39.0 Å². The minimum absolute atomic E-state index is 0.110. The molecule has 0 saturated carbocycles. The van der Waals surface area contributed by atoms with Gasteiger partial charge in [0.1, 0.15) is 0 Å². The molecule has 5 nitrogen and oxygen atoms in total. The van der Waals surface area contributed by atoms with Crippen molar-refractivity contribution in [2.75, 3.05) is 6.54 Å². The van der Waals surface area contributed by atoms with E-state index in [-0.39, 0.29) is 12.3 Å².